The molecule has 0 aliphatic rings. The molecule has 0 spiro atoms. The third kappa shape index (κ3) is 3.36. The smallest absolute Gasteiger partial charge is 0.258 e. The first-order valence-corrected chi connectivity index (χ1v) is 6.03. The van der Waals surface area contributed by atoms with E-state index in [0.29, 0.717) is 17.8 Å². The fourth-order valence-electron chi connectivity index (χ4n) is 1.31. The number of nitrogens with zero attached hydrogens (tertiary/aromatic N) is 6. The Morgan fingerprint density at radius 1 is 1.33 bits per heavy atom. The van der Waals surface area contributed by atoms with Crippen LogP contribution in [0.3, 0.4) is 0 Å². The molecule has 96 valence electrons. The molecule has 0 aliphatic carbocycles. The van der Waals surface area contributed by atoms with E-state index in [1.54, 1.807) is 0 Å². The summed E-state index contributed by atoms with van der Waals surface area (Å²) in [7, 11) is 0. The molecule has 0 bridgehead atoms. The van der Waals surface area contributed by atoms with E-state index >= 15 is 0 Å². The Morgan fingerprint density at radius 3 is 2.83 bits per heavy atom. The van der Waals surface area contributed by atoms with E-state index in [-0.39, 0.29) is 5.28 Å². The number of hydrogen-bond acceptors (Lipinski definition) is 6. The molecule has 0 amide bonds. The minimum Gasteiger partial charge on any atom is -0.354 e. The van der Waals surface area contributed by atoms with Crippen LogP contribution in [0.5, 0.6) is 0 Å². The van der Waals surface area contributed by atoms with Crippen molar-refractivity contribution in [3.63, 3.8) is 0 Å². The van der Waals surface area contributed by atoms with Crippen molar-refractivity contribution in [2.75, 3.05) is 11.9 Å². The van der Waals surface area contributed by atoms with Crippen LogP contribution in [-0.4, -0.2) is 36.3 Å². The Morgan fingerprint density at radius 2 is 2.17 bits per heavy atom. The lowest BCUT2D eigenvalue weighted by molar-refractivity contribution is 0.605. The van der Waals surface area contributed by atoms with E-state index in [2.05, 4.69) is 44.2 Å². The van der Waals surface area contributed by atoms with Gasteiger partial charge in [0.1, 0.15) is 12.7 Å². The van der Waals surface area contributed by atoms with Gasteiger partial charge < -0.3 is 5.32 Å². The Bertz CT molecular complexity index is 497. The number of rotatable bonds is 5. The van der Waals surface area contributed by atoms with E-state index in [1.807, 2.05) is 0 Å². The monoisotopic (exact) mass is 267 g/mol. The van der Waals surface area contributed by atoms with E-state index in [9.17, 15) is 0 Å². The third-order valence-electron chi connectivity index (χ3n) is 2.22. The van der Waals surface area contributed by atoms with Crippen LogP contribution in [0.2, 0.25) is 5.28 Å². The van der Waals surface area contributed by atoms with Crippen molar-refractivity contribution in [1.29, 1.82) is 0 Å². The normalized spacial score (nSPS) is 10.9. The SMILES string of the molecule is CC(C)CCNc1nc(Cl)nc(-n2cncn2)n1. The van der Waals surface area contributed by atoms with Gasteiger partial charge in [0.2, 0.25) is 11.2 Å². The van der Waals surface area contributed by atoms with Crippen LogP contribution in [0.4, 0.5) is 5.95 Å². The molecule has 0 radical (unpaired) electrons. The van der Waals surface area contributed by atoms with Gasteiger partial charge in [-0.05, 0) is 23.9 Å². The zero-order valence-electron chi connectivity index (χ0n) is 10.2. The Hall–Kier alpha value is -1.76. The number of aromatic nitrogens is 6. The molecule has 18 heavy (non-hydrogen) atoms. The highest BCUT2D eigenvalue weighted by Gasteiger charge is 2.07. The highest BCUT2D eigenvalue weighted by atomic mass is 35.5. The van der Waals surface area contributed by atoms with Gasteiger partial charge in [0.05, 0.1) is 0 Å². The van der Waals surface area contributed by atoms with Gasteiger partial charge in [0.25, 0.3) is 5.95 Å². The second-order valence-electron chi connectivity index (χ2n) is 4.18. The van der Waals surface area contributed by atoms with Crippen molar-refractivity contribution in [2.45, 2.75) is 20.3 Å². The summed E-state index contributed by atoms with van der Waals surface area (Å²) in [6.45, 7) is 5.10. The average molecular weight is 268 g/mol. The van der Waals surface area contributed by atoms with Crippen molar-refractivity contribution in [2.24, 2.45) is 5.92 Å². The molecule has 2 heterocycles. The van der Waals surface area contributed by atoms with Crippen LogP contribution in [0.25, 0.3) is 5.95 Å². The first-order chi connectivity index (χ1) is 8.65. The summed E-state index contributed by atoms with van der Waals surface area (Å²) in [5.41, 5.74) is 0. The summed E-state index contributed by atoms with van der Waals surface area (Å²) in [4.78, 5) is 16.0. The van der Waals surface area contributed by atoms with Crippen LogP contribution < -0.4 is 5.32 Å². The van der Waals surface area contributed by atoms with Crippen molar-refractivity contribution in [3.8, 4) is 5.95 Å². The molecule has 0 fully saturated rings. The second-order valence-corrected chi connectivity index (χ2v) is 4.52. The summed E-state index contributed by atoms with van der Waals surface area (Å²) in [5.74, 6) is 1.41. The van der Waals surface area contributed by atoms with E-state index in [4.69, 9.17) is 11.6 Å². The molecule has 0 unspecified atom stereocenters. The molecule has 8 heteroatoms. The van der Waals surface area contributed by atoms with Gasteiger partial charge in [-0.15, -0.1) is 0 Å². The quantitative estimate of drug-likeness (QED) is 0.885. The maximum atomic E-state index is 5.84. The number of hydrogen-bond donors (Lipinski definition) is 1. The van der Waals surface area contributed by atoms with Crippen molar-refractivity contribution in [1.82, 2.24) is 29.7 Å². The van der Waals surface area contributed by atoms with Gasteiger partial charge in [-0.3, -0.25) is 0 Å². The van der Waals surface area contributed by atoms with E-state index in [1.165, 1.54) is 17.3 Å². The number of nitrogens with one attached hydrogen (secondary N) is 1. The largest absolute Gasteiger partial charge is 0.354 e. The first kappa shape index (κ1) is 12.7. The van der Waals surface area contributed by atoms with Crippen molar-refractivity contribution in [3.05, 3.63) is 17.9 Å². The molecular formula is C10H14ClN7. The first-order valence-electron chi connectivity index (χ1n) is 5.65. The molecule has 7 nitrogen and oxygen atoms in total. The van der Waals surface area contributed by atoms with Crippen LogP contribution in [0, 0.1) is 5.92 Å². The van der Waals surface area contributed by atoms with E-state index < -0.39 is 0 Å². The predicted octanol–water partition coefficient (Wildman–Crippen LogP) is 1.56. The molecule has 2 aromatic heterocycles. The Balaban J connectivity index is 2.12. The Labute approximate surface area is 110 Å². The number of anilines is 1. The average Bonchev–Trinajstić information content (AvgIpc) is 2.81. The van der Waals surface area contributed by atoms with Crippen molar-refractivity contribution >= 4 is 17.5 Å². The Kier molecular flexibility index (Phi) is 4.03. The molecule has 0 saturated heterocycles. The van der Waals surface area contributed by atoms with Gasteiger partial charge in [0.15, 0.2) is 0 Å². The zero-order chi connectivity index (χ0) is 13.0. The maximum Gasteiger partial charge on any atom is 0.258 e. The lowest BCUT2D eigenvalue weighted by Crippen LogP contribution is -2.11. The summed E-state index contributed by atoms with van der Waals surface area (Å²) in [5, 5.41) is 7.18. The van der Waals surface area contributed by atoms with Gasteiger partial charge in [0, 0.05) is 6.54 Å². The standard InChI is InChI=1S/C10H14ClN7/c1-7(2)3-4-13-9-15-8(11)16-10(17-9)18-6-12-5-14-18/h5-7H,3-4H2,1-2H3,(H,13,15,16,17). The fraction of sp³-hybridized carbons (Fsp3) is 0.500. The molecule has 2 aromatic rings. The highest BCUT2D eigenvalue weighted by molar-refractivity contribution is 6.28. The third-order valence-corrected chi connectivity index (χ3v) is 2.39. The van der Waals surface area contributed by atoms with Gasteiger partial charge in [-0.25, -0.2) is 4.98 Å². The zero-order valence-corrected chi connectivity index (χ0v) is 11.0. The van der Waals surface area contributed by atoms with Gasteiger partial charge in [-0.1, -0.05) is 13.8 Å². The number of halogens is 1. The highest BCUT2D eigenvalue weighted by Crippen LogP contribution is 2.09. The molecule has 0 aromatic carbocycles. The minimum atomic E-state index is 0.127. The van der Waals surface area contributed by atoms with Crippen LogP contribution in [0.1, 0.15) is 20.3 Å². The van der Waals surface area contributed by atoms with Crippen molar-refractivity contribution < 1.29 is 0 Å². The topological polar surface area (TPSA) is 81.4 Å². The van der Waals surface area contributed by atoms with E-state index in [0.717, 1.165) is 13.0 Å². The maximum absolute atomic E-state index is 5.84. The predicted molar refractivity (Wildman–Crippen MR) is 67.7 cm³/mol. The molecule has 0 saturated carbocycles. The van der Waals surface area contributed by atoms with Crippen LogP contribution >= 0.6 is 11.6 Å². The lowest BCUT2D eigenvalue weighted by Gasteiger charge is -2.07. The van der Waals surface area contributed by atoms with Gasteiger partial charge >= 0.3 is 0 Å². The second kappa shape index (κ2) is 5.72. The molecule has 2 rings (SSSR count). The minimum absolute atomic E-state index is 0.127. The molecule has 0 aliphatic heterocycles. The molecule has 1 N–H and O–H groups in total. The van der Waals surface area contributed by atoms with Crippen LogP contribution in [0.15, 0.2) is 12.7 Å². The summed E-state index contributed by atoms with van der Waals surface area (Å²) < 4.78 is 1.43. The van der Waals surface area contributed by atoms with Crippen LogP contribution in [-0.2, 0) is 0 Å². The molecule has 0 atom stereocenters. The lowest BCUT2D eigenvalue weighted by atomic mass is 10.1. The molecular weight excluding hydrogens is 254 g/mol. The summed E-state index contributed by atoms with van der Waals surface area (Å²) >= 11 is 5.84. The summed E-state index contributed by atoms with van der Waals surface area (Å²) in [6.07, 6.45) is 3.94. The fourth-order valence-corrected chi connectivity index (χ4v) is 1.46. The summed E-state index contributed by atoms with van der Waals surface area (Å²) in [6, 6.07) is 0. The van der Waals surface area contributed by atoms with Gasteiger partial charge in [-0.2, -0.15) is 24.7 Å².